The van der Waals surface area contributed by atoms with Gasteiger partial charge in [-0.2, -0.15) is 0 Å². The molecule has 0 aromatic carbocycles. The Kier molecular flexibility index (Phi) is 5.36. The average molecular weight is 301 g/mol. The van der Waals surface area contributed by atoms with Gasteiger partial charge >= 0.3 is 0 Å². The molecule has 0 radical (unpaired) electrons. The molecule has 0 saturated heterocycles. The molecule has 1 aromatic heterocycles. The van der Waals surface area contributed by atoms with Gasteiger partial charge in [0.1, 0.15) is 0 Å². The third kappa shape index (κ3) is 4.47. The van der Waals surface area contributed by atoms with Crippen LogP contribution in [0.4, 0.5) is 0 Å². The van der Waals surface area contributed by atoms with Crippen molar-refractivity contribution in [2.45, 2.75) is 6.54 Å². The highest BCUT2D eigenvalue weighted by molar-refractivity contribution is 9.11. The molecule has 0 atom stereocenters. The Morgan fingerprint density at radius 3 is 2.92 bits per heavy atom. The number of thiophene rings is 1. The minimum Gasteiger partial charge on any atom is -0.307 e. The Balaban J connectivity index is 2.28. The van der Waals surface area contributed by atoms with Crippen LogP contribution in [0.5, 0.6) is 0 Å². The van der Waals surface area contributed by atoms with Gasteiger partial charge in [-0.15, -0.1) is 11.3 Å². The van der Waals surface area contributed by atoms with E-state index in [4.69, 9.17) is 23.2 Å². The Morgan fingerprint density at radius 2 is 2.38 bits per heavy atom. The highest BCUT2D eigenvalue weighted by atomic mass is 79.9. The normalized spacial score (nSPS) is 12.1. The zero-order valence-electron chi connectivity index (χ0n) is 6.69. The molecule has 0 fully saturated rings. The molecule has 0 amide bonds. The molecule has 1 nitrogen and oxygen atoms in total. The van der Waals surface area contributed by atoms with E-state index in [-0.39, 0.29) is 0 Å². The Morgan fingerprint density at radius 1 is 1.62 bits per heavy atom. The summed E-state index contributed by atoms with van der Waals surface area (Å²) in [4.78, 5) is 1.27. The van der Waals surface area contributed by atoms with Crippen LogP contribution in [0.1, 0.15) is 4.88 Å². The van der Waals surface area contributed by atoms with Gasteiger partial charge in [-0.1, -0.05) is 23.2 Å². The highest BCUT2D eigenvalue weighted by Gasteiger charge is 1.97. The summed E-state index contributed by atoms with van der Waals surface area (Å²) in [6.07, 6.45) is 0. The summed E-state index contributed by atoms with van der Waals surface area (Å²) < 4.78 is 1.14. The molecule has 0 aliphatic heterocycles. The van der Waals surface area contributed by atoms with E-state index in [1.165, 1.54) is 10.4 Å². The number of hydrogen-bond acceptors (Lipinski definition) is 2. The number of rotatable bonds is 4. The number of halogens is 3. The van der Waals surface area contributed by atoms with Crippen LogP contribution in [0, 0.1) is 0 Å². The molecule has 1 aromatic rings. The summed E-state index contributed by atoms with van der Waals surface area (Å²) in [6.45, 7) is 1.43. The fourth-order valence-electron chi connectivity index (χ4n) is 0.790. The molecule has 0 unspecified atom stereocenters. The predicted molar refractivity (Wildman–Crippen MR) is 63.5 cm³/mol. The third-order valence-corrected chi connectivity index (χ3v) is 3.58. The average Bonchev–Trinajstić information content (AvgIpc) is 2.51. The van der Waals surface area contributed by atoms with Crippen LogP contribution < -0.4 is 5.32 Å². The van der Waals surface area contributed by atoms with E-state index in [9.17, 15) is 0 Å². The lowest BCUT2D eigenvalue weighted by Crippen LogP contribution is -2.13. The molecule has 0 aliphatic rings. The monoisotopic (exact) mass is 299 g/mol. The van der Waals surface area contributed by atoms with Gasteiger partial charge in [0.2, 0.25) is 0 Å². The fraction of sp³-hybridized carbons (Fsp3) is 0.250. The predicted octanol–water partition coefficient (Wildman–Crippen LogP) is 3.92. The summed E-state index contributed by atoms with van der Waals surface area (Å²) in [5, 5.41) is 3.79. The molecule has 1 rings (SSSR count). The molecule has 13 heavy (non-hydrogen) atoms. The van der Waals surface area contributed by atoms with E-state index in [0.717, 1.165) is 10.3 Å². The molecule has 0 aliphatic carbocycles. The van der Waals surface area contributed by atoms with Crippen LogP contribution in [0.25, 0.3) is 0 Å². The molecule has 1 heterocycles. The van der Waals surface area contributed by atoms with Crippen molar-refractivity contribution < 1.29 is 0 Å². The van der Waals surface area contributed by atoms with Gasteiger partial charge in [-0.3, -0.25) is 0 Å². The van der Waals surface area contributed by atoms with Crippen LogP contribution in [0.2, 0.25) is 0 Å². The van der Waals surface area contributed by atoms with Gasteiger partial charge in [-0.25, -0.2) is 0 Å². The van der Waals surface area contributed by atoms with Crippen LogP contribution in [0.3, 0.4) is 0 Å². The second-order valence-corrected chi connectivity index (χ2v) is 5.62. The topological polar surface area (TPSA) is 12.0 Å². The summed E-state index contributed by atoms with van der Waals surface area (Å²) >= 11 is 16.2. The van der Waals surface area contributed by atoms with E-state index >= 15 is 0 Å². The van der Waals surface area contributed by atoms with Crippen molar-refractivity contribution in [2.75, 3.05) is 6.54 Å². The van der Waals surface area contributed by atoms with Gasteiger partial charge in [0.25, 0.3) is 0 Å². The van der Waals surface area contributed by atoms with Crippen molar-refractivity contribution in [1.29, 1.82) is 0 Å². The fourth-order valence-corrected chi connectivity index (χ4v) is 2.41. The Bertz CT molecular complexity index is 298. The smallest absolute Gasteiger partial charge is 0.0701 e. The molecular weight excluding hydrogens is 293 g/mol. The number of hydrogen-bond donors (Lipinski definition) is 1. The first kappa shape index (κ1) is 11.5. The molecule has 1 N–H and O–H groups in total. The zero-order valence-corrected chi connectivity index (χ0v) is 10.6. The van der Waals surface area contributed by atoms with Crippen LogP contribution in [-0.2, 0) is 6.54 Å². The number of nitrogens with one attached hydrogen (secondary N) is 1. The van der Waals surface area contributed by atoms with Gasteiger partial charge in [-0.05, 0) is 28.1 Å². The molecule has 0 saturated carbocycles. The zero-order chi connectivity index (χ0) is 9.68. The quantitative estimate of drug-likeness (QED) is 0.889. The lowest BCUT2D eigenvalue weighted by Gasteiger charge is -1.99. The van der Waals surface area contributed by atoms with Crippen LogP contribution in [-0.4, -0.2) is 6.54 Å². The first-order valence-corrected chi connectivity index (χ1v) is 6.04. The molecule has 0 bridgehead atoms. The standard InChI is InChI=1S/C8H8BrCl2NS/c9-8-2-1-7(13-8)5-12-4-6(11)3-10/h1-3,12H,4-5H2. The van der Waals surface area contributed by atoms with Crippen molar-refractivity contribution in [1.82, 2.24) is 5.32 Å². The maximum Gasteiger partial charge on any atom is 0.0701 e. The van der Waals surface area contributed by atoms with Crippen molar-refractivity contribution in [3.63, 3.8) is 0 Å². The summed E-state index contributed by atoms with van der Waals surface area (Å²) in [7, 11) is 0. The van der Waals surface area contributed by atoms with Gasteiger partial charge in [0.15, 0.2) is 0 Å². The van der Waals surface area contributed by atoms with Gasteiger partial charge in [0.05, 0.1) is 3.79 Å². The maximum atomic E-state index is 5.70. The Hall–Kier alpha value is 0.460. The minimum atomic E-state index is 0.612. The van der Waals surface area contributed by atoms with Crippen LogP contribution in [0.15, 0.2) is 26.5 Å². The van der Waals surface area contributed by atoms with E-state index in [1.54, 1.807) is 11.3 Å². The van der Waals surface area contributed by atoms with Crippen LogP contribution >= 0.6 is 50.5 Å². The molecule has 72 valence electrons. The summed E-state index contributed by atoms with van der Waals surface area (Å²) in [6, 6.07) is 4.10. The van der Waals surface area contributed by atoms with E-state index in [0.29, 0.717) is 11.6 Å². The maximum absolute atomic E-state index is 5.70. The van der Waals surface area contributed by atoms with Crippen molar-refractivity contribution in [2.24, 2.45) is 0 Å². The first-order valence-electron chi connectivity index (χ1n) is 3.62. The SMILES string of the molecule is ClC=C(Cl)CNCc1ccc(Br)s1. The summed E-state index contributed by atoms with van der Waals surface area (Å²) in [5.74, 6) is 0. The molecule has 5 heteroatoms. The minimum absolute atomic E-state index is 0.612. The third-order valence-electron chi connectivity index (χ3n) is 1.34. The molecule has 0 spiro atoms. The highest BCUT2D eigenvalue weighted by Crippen LogP contribution is 2.21. The second kappa shape index (κ2) is 6.04. The largest absolute Gasteiger partial charge is 0.307 e. The second-order valence-electron chi connectivity index (χ2n) is 2.37. The van der Waals surface area contributed by atoms with Gasteiger partial charge < -0.3 is 5.32 Å². The van der Waals surface area contributed by atoms with E-state index in [2.05, 4.69) is 27.3 Å². The first-order chi connectivity index (χ1) is 6.22. The lowest BCUT2D eigenvalue weighted by molar-refractivity contribution is 0.764. The lowest BCUT2D eigenvalue weighted by atomic mass is 10.4. The van der Waals surface area contributed by atoms with Crippen molar-refractivity contribution in [3.05, 3.63) is 31.4 Å². The van der Waals surface area contributed by atoms with Crippen molar-refractivity contribution >= 4 is 50.5 Å². The molecular formula is C8H8BrCl2NS. The van der Waals surface area contributed by atoms with Crippen molar-refractivity contribution in [3.8, 4) is 0 Å². The Labute approximate surface area is 99.9 Å². The van der Waals surface area contributed by atoms with E-state index < -0.39 is 0 Å². The van der Waals surface area contributed by atoms with E-state index in [1.807, 2.05) is 6.07 Å². The van der Waals surface area contributed by atoms with Gasteiger partial charge in [0, 0.05) is 28.5 Å². The summed E-state index contributed by atoms with van der Waals surface area (Å²) in [5.41, 5.74) is 1.37.